The summed E-state index contributed by atoms with van der Waals surface area (Å²) in [5.41, 5.74) is 1.84. The summed E-state index contributed by atoms with van der Waals surface area (Å²) in [5, 5.41) is 17.2. The van der Waals surface area contributed by atoms with Gasteiger partial charge in [0.05, 0.1) is 12.7 Å². The minimum absolute atomic E-state index is 0.382. The van der Waals surface area contributed by atoms with Gasteiger partial charge in [-0.2, -0.15) is 5.10 Å². The highest BCUT2D eigenvalue weighted by molar-refractivity contribution is 7.09. The molecule has 0 unspecified atom stereocenters. The fourth-order valence-electron chi connectivity index (χ4n) is 2.50. The molecule has 0 saturated heterocycles. The molecule has 1 N–H and O–H groups in total. The Morgan fingerprint density at radius 2 is 2.12 bits per heavy atom. The van der Waals surface area contributed by atoms with Crippen molar-refractivity contribution >= 4 is 34.3 Å². The van der Waals surface area contributed by atoms with E-state index in [1.54, 1.807) is 16.0 Å². The molecule has 25 heavy (non-hydrogen) atoms. The highest BCUT2D eigenvalue weighted by Crippen LogP contribution is 2.25. The summed E-state index contributed by atoms with van der Waals surface area (Å²) in [6.45, 7) is 1.31. The van der Waals surface area contributed by atoms with Crippen molar-refractivity contribution in [2.24, 2.45) is 7.05 Å². The Balaban J connectivity index is 1.63. The number of anilines is 2. The molecule has 0 atom stereocenters. The molecule has 0 fully saturated rings. The van der Waals surface area contributed by atoms with Crippen LogP contribution < -0.4 is 10.2 Å². The Bertz CT molecular complexity index is 977. The third-order valence-electron chi connectivity index (χ3n) is 3.65. The molecule has 0 spiro atoms. The van der Waals surface area contributed by atoms with Crippen LogP contribution >= 0.6 is 11.3 Å². The molecule has 128 valence electrons. The second kappa shape index (κ2) is 6.48. The van der Waals surface area contributed by atoms with Gasteiger partial charge in [-0.25, -0.2) is 14.6 Å². The van der Waals surface area contributed by atoms with E-state index in [4.69, 9.17) is 4.63 Å². The van der Waals surface area contributed by atoms with Gasteiger partial charge in [0.1, 0.15) is 0 Å². The molecule has 0 amide bonds. The quantitative estimate of drug-likeness (QED) is 0.560. The molecule has 0 bridgehead atoms. The van der Waals surface area contributed by atoms with E-state index in [0.29, 0.717) is 36.0 Å². The number of aromatic nitrogens is 6. The lowest BCUT2D eigenvalue weighted by Gasteiger charge is -2.20. The normalized spacial score (nSPS) is 11.1. The predicted molar refractivity (Wildman–Crippen MR) is 94.4 cm³/mol. The van der Waals surface area contributed by atoms with Gasteiger partial charge in [0.15, 0.2) is 11.6 Å². The van der Waals surface area contributed by atoms with Crippen LogP contribution in [0.1, 0.15) is 10.4 Å². The van der Waals surface area contributed by atoms with Gasteiger partial charge in [0.2, 0.25) is 11.3 Å². The van der Waals surface area contributed by atoms with Crippen LogP contribution in [0.4, 0.5) is 11.6 Å². The fraction of sp³-hybridized carbons (Fsp3) is 0.267. The van der Waals surface area contributed by atoms with E-state index in [-0.39, 0.29) is 0 Å². The van der Waals surface area contributed by atoms with E-state index in [0.717, 1.165) is 5.56 Å². The van der Waals surface area contributed by atoms with E-state index in [9.17, 15) is 0 Å². The molecule has 0 aromatic carbocycles. The van der Waals surface area contributed by atoms with E-state index in [2.05, 4.69) is 36.8 Å². The molecule has 0 radical (unpaired) electrons. The Morgan fingerprint density at radius 1 is 1.28 bits per heavy atom. The Morgan fingerprint density at radius 3 is 2.84 bits per heavy atom. The van der Waals surface area contributed by atoms with E-state index >= 15 is 0 Å². The monoisotopic (exact) mass is 356 g/mol. The first-order valence-corrected chi connectivity index (χ1v) is 8.52. The number of rotatable bonds is 6. The molecule has 4 heterocycles. The van der Waals surface area contributed by atoms with Gasteiger partial charge in [-0.1, -0.05) is 6.07 Å². The number of hydrogen-bond donors (Lipinski definition) is 1. The standard InChI is InChI=1S/C15H16N8OS/c1-22(8-10-6-17-23(2)9-10)15-14(16-7-11-4-3-5-25-11)18-12-13(19-15)21-24-20-12/h3-6,9H,7-8H2,1-2H3,(H,16,18,20). The van der Waals surface area contributed by atoms with Gasteiger partial charge in [-0.3, -0.25) is 4.68 Å². The molecular weight excluding hydrogens is 340 g/mol. The molecule has 0 aliphatic rings. The minimum Gasteiger partial charge on any atom is -0.362 e. The molecule has 0 aliphatic carbocycles. The summed E-state index contributed by atoms with van der Waals surface area (Å²) in [6, 6.07) is 4.09. The van der Waals surface area contributed by atoms with Crippen molar-refractivity contribution in [2.75, 3.05) is 17.3 Å². The largest absolute Gasteiger partial charge is 0.362 e. The van der Waals surface area contributed by atoms with Crippen LogP contribution in [0.25, 0.3) is 11.3 Å². The van der Waals surface area contributed by atoms with Crippen molar-refractivity contribution in [1.29, 1.82) is 0 Å². The smallest absolute Gasteiger partial charge is 0.245 e. The van der Waals surface area contributed by atoms with Gasteiger partial charge < -0.3 is 10.2 Å². The molecule has 9 nitrogen and oxygen atoms in total. The van der Waals surface area contributed by atoms with Crippen molar-refractivity contribution in [3.63, 3.8) is 0 Å². The SMILES string of the molecule is CN(Cc1cnn(C)c1)c1nc2nonc2nc1NCc1cccs1. The predicted octanol–water partition coefficient (Wildman–Crippen LogP) is 2.06. The van der Waals surface area contributed by atoms with Crippen molar-refractivity contribution in [1.82, 2.24) is 30.1 Å². The van der Waals surface area contributed by atoms with Crippen molar-refractivity contribution in [3.8, 4) is 0 Å². The maximum absolute atomic E-state index is 4.74. The highest BCUT2D eigenvalue weighted by atomic mass is 32.1. The Kier molecular flexibility index (Phi) is 4.02. The molecule has 4 rings (SSSR count). The van der Waals surface area contributed by atoms with Crippen LogP contribution in [-0.4, -0.2) is 37.1 Å². The Hall–Kier alpha value is -3.01. The number of thiophene rings is 1. The average molecular weight is 356 g/mol. The number of nitrogens with one attached hydrogen (secondary N) is 1. The van der Waals surface area contributed by atoms with Gasteiger partial charge in [0.25, 0.3) is 0 Å². The first-order chi connectivity index (χ1) is 12.2. The summed E-state index contributed by atoms with van der Waals surface area (Å²) in [6.07, 6.45) is 3.80. The average Bonchev–Trinajstić information content (AvgIpc) is 3.33. The number of aryl methyl sites for hydroxylation is 1. The summed E-state index contributed by atoms with van der Waals surface area (Å²) in [4.78, 5) is 12.3. The summed E-state index contributed by atoms with van der Waals surface area (Å²) in [5.74, 6) is 1.33. The van der Waals surface area contributed by atoms with Gasteiger partial charge in [0, 0.05) is 37.3 Å². The lowest BCUT2D eigenvalue weighted by molar-refractivity contribution is 0.314. The first-order valence-electron chi connectivity index (χ1n) is 7.64. The minimum atomic E-state index is 0.382. The zero-order chi connectivity index (χ0) is 17.2. The number of hydrogen-bond acceptors (Lipinski definition) is 9. The second-order valence-electron chi connectivity index (χ2n) is 5.62. The Labute approximate surface area is 147 Å². The molecule has 0 aliphatic heterocycles. The molecule has 4 aromatic rings. The molecule has 4 aromatic heterocycles. The first kappa shape index (κ1) is 15.5. The third kappa shape index (κ3) is 3.29. The second-order valence-corrected chi connectivity index (χ2v) is 6.65. The van der Waals surface area contributed by atoms with Crippen LogP contribution in [0, 0.1) is 0 Å². The van der Waals surface area contributed by atoms with Crippen molar-refractivity contribution < 1.29 is 4.63 Å². The van der Waals surface area contributed by atoms with Crippen LogP contribution in [0.3, 0.4) is 0 Å². The number of fused-ring (bicyclic) bond motifs is 1. The van der Waals surface area contributed by atoms with Crippen LogP contribution in [0.5, 0.6) is 0 Å². The molecule has 0 saturated carbocycles. The lowest BCUT2D eigenvalue weighted by atomic mass is 10.3. The van der Waals surface area contributed by atoms with E-state index in [1.807, 2.05) is 42.8 Å². The molecular formula is C15H16N8OS. The zero-order valence-corrected chi connectivity index (χ0v) is 14.6. The highest BCUT2D eigenvalue weighted by Gasteiger charge is 2.17. The number of nitrogens with zero attached hydrogens (tertiary/aromatic N) is 7. The summed E-state index contributed by atoms with van der Waals surface area (Å²) in [7, 11) is 3.84. The van der Waals surface area contributed by atoms with Crippen LogP contribution in [0.15, 0.2) is 34.5 Å². The lowest BCUT2D eigenvalue weighted by Crippen LogP contribution is -2.20. The molecule has 10 heteroatoms. The summed E-state index contributed by atoms with van der Waals surface area (Å²) < 4.78 is 6.52. The van der Waals surface area contributed by atoms with Crippen molar-refractivity contribution in [3.05, 3.63) is 40.3 Å². The van der Waals surface area contributed by atoms with Gasteiger partial charge in [-0.15, -0.1) is 11.3 Å². The summed E-state index contributed by atoms with van der Waals surface area (Å²) >= 11 is 1.69. The van der Waals surface area contributed by atoms with Gasteiger partial charge >= 0.3 is 0 Å². The zero-order valence-electron chi connectivity index (χ0n) is 13.7. The topological polar surface area (TPSA) is 97.8 Å². The van der Waals surface area contributed by atoms with E-state index < -0.39 is 0 Å². The van der Waals surface area contributed by atoms with E-state index in [1.165, 1.54) is 4.88 Å². The van der Waals surface area contributed by atoms with Crippen LogP contribution in [-0.2, 0) is 20.1 Å². The van der Waals surface area contributed by atoms with Crippen LogP contribution in [0.2, 0.25) is 0 Å². The fourth-order valence-corrected chi connectivity index (χ4v) is 3.14. The maximum Gasteiger partial charge on any atom is 0.245 e. The van der Waals surface area contributed by atoms with Crippen molar-refractivity contribution in [2.45, 2.75) is 13.1 Å². The van der Waals surface area contributed by atoms with Gasteiger partial charge in [-0.05, 0) is 21.8 Å². The third-order valence-corrected chi connectivity index (χ3v) is 4.52. The maximum atomic E-state index is 4.74.